The van der Waals surface area contributed by atoms with E-state index in [4.69, 9.17) is 0 Å². The number of fused-ring (bicyclic) bond motifs is 1. The SMILES string of the molecule is C=CCN1CCCc2cc(C(C)NCCC)ccc21. The first-order valence-corrected chi connectivity index (χ1v) is 7.48. The van der Waals surface area contributed by atoms with E-state index < -0.39 is 0 Å². The molecule has 0 bridgehead atoms. The summed E-state index contributed by atoms with van der Waals surface area (Å²) in [5, 5.41) is 3.56. The van der Waals surface area contributed by atoms with E-state index in [0.29, 0.717) is 6.04 Å². The number of anilines is 1. The lowest BCUT2D eigenvalue weighted by atomic mass is 9.97. The summed E-state index contributed by atoms with van der Waals surface area (Å²) < 4.78 is 0. The van der Waals surface area contributed by atoms with Gasteiger partial charge in [0.15, 0.2) is 0 Å². The summed E-state index contributed by atoms with van der Waals surface area (Å²) in [7, 11) is 0. The van der Waals surface area contributed by atoms with Gasteiger partial charge in [-0.3, -0.25) is 0 Å². The van der Waals surface area contributed by atoms with Crippen LogP contribution in [0.25, 0.3) is 0 Å². The molecule has 1 N–H and O–H groups in total. The number of nitrogens with zero attached hydrogens (tertiary/aromatic N) is 1. The van der Waals surface area contributed by atoms with Crippen molar-refractivity contribution in [3.63, 3.8) is 0 Å². The minimum absolute atomic E-state index is 0.444. The molecule has 0 spiro atoms. The molecular weight excluding hydrogens is 232 g/mol. The molecule has 0 aliphatic carbocycles. The molecule has 0 amide bonds. The molecule has 0 fully saturated rings. The van der Waals surface area contributed by atoms with E-state index in [1.165, 1.54) is 36.1 Å². The number of nitrogens with one attached hydrogen (secondary N) is 1. The summed E-state index contributed by atoms with van der Waals surface area (Å²) in [4.78, 5) is 2.43. The van der Waals surface area contributed by atoms with Crippen molar-refractivity contribution < 1.29 is 0 Å². The molecule has 104 valence electrons. The Morgan fingerprint density at radius 2 is 2.32 bits per heavy atom. The van der Waals surface area contributed by atoms with Gasteiger partial charge in [0.1, 0.15) is 0 Å². The van der Waals surface area contributed by atoms with Crippen LogP contribution in [0.5, 0.6) is 0 Å². The molecule has 2 rings (SSSR count). The summed E-state index contributed by atoms with van der Waals surface area (Å²) in [6.07, 6.45) is 5.63. The Morgan fingerprint density at radius 1 is 1.47 bits per heavy atom. The summed E-state index contributed by atoms with van der Waals surface area (Å²) in [5.41, 5.74) is 4.31. The van der Waals surface area contributed by atoms with Crippen LogP contribution in [0.1, 0.15) is 43.9 Å². The van der Waals surface area contributed by atoms with Crippen LogP contribution in [-0.4, -0.2) is 19.6 Å². The summed E-state index contributed by atoms with van der Waals surface area (Å²) in [5.74, 6) is 0. The third kappa shape index (κ3) is 3.38. The third-order valence-corrected chi connectivity index (χ3v) is 3.87. The quantitative estimate of drug-likeness (QED) is 0.783. The number of aryl methyl sites for hydroxylation is 1. The Bertz CT molecular complexity index is 425. The first kappa shape index (κ1) is 14.1. The van der Waals surface area contributed by atoms with Gasteiger partial charge in [-0.15, -0.1) is 6.58 Å². The maximum atomic E-state index is 3.86. The predicted molar refractivity (Wildman–Crippen MR) is 83.9 cm³/mol. The van der Waals surface area contributed by atoms with Crippen molar-refractivity contribution in [1.82, 2.24) is 5.32 Å². The van der Waals surface area contributed by atoms with Crippen LogP contribution in [0.4, 0.5) is 5.69 Å². The van der Waals surface area contributed by atoms with Crippen molar-refractivity contribution in [2.24, 2.45) is 0 Å². The van der Waals surface area contributed by atoms with Crippen molar-refractivity contribution in [2.75, 3.05) is 24.5 Å². The largest absolute Gasteiger partial charge is 0.368 e. The lowest BCUT2D eigenvalue weighted by Crippen LogP contribution is -2.29. The van der Waals surface area contributed by atoms with E-state index in [1.54, 1.807) is 0 Å². The first-order chi connectivity index (χ1) is 9.26. The summed E-state index contributed by atoms with van der Waals surface area (Å²) in [6.45, 7) is 11.5. The lowest BCUT2D eigenvalue weighted by molar-refractivity contribution is 0.569. The van der Waals surface area contributed by atoms with Gasteiger partial charge in [0.2, 0.25) is 0 Å². The van der Waals surface area contributed by atoms with Crippen LogP contribution in [-0.2, 0) is 6.42 Å². The molecule has 1 atom stereocenters. The normalized spacial score (nSPS) is 16.0. The molecule has 0 saturated carbocycles. The highest BCUT2D eigenvalue weighted by Crippen LogP contribution is 2.29. The van der Waals surface area contributed by atoms with Crippen LogP contribution >= 0.6 is 0 Å². The Hall–Kier alpha value is -1.28. The second kappa shape index (κ2) is 6.76. The van der Waals surface area contributed by atoms with Crippen molar-refractivity contribution >= 4 is 5.69 Å². The maximum absolute atomic E-state index is 3.86. The number of rotatable bonds is 6. The molecule has 1 unspecified atom stereocenters. The van der Waals surface area contributed by atoms with E-state index in [-0.39, 0.29) is 0 Å². The predicted octanol–water partition coefficient (Wildman–Crippen LogP) is 3.69. The van der Waals surface area contributed by atoms with Gasteiger partial charge in [0, 0.05) is 24.8 Å². The molecule has 1 aromatic rings. The molecule has 0 radical (unpaired) electrons. The Balaban J connectivity index is 2.16. The molecule has 1 aliphatic rings. The molecule has 1 aromatic carbocycles. The van der Waals surface area contributed by atoms with Crippen molar-refractivity contribution in [3.8, 4) is 0 Å². The molecule has 2 nitrogen and oxygen atoms in total. The molecule has 0 saturated heterocycles. The van der Waals surface area contributed by atoms with Crippen LogP contribution in [0.15, 0.2) is 30.9 Å². The zero-order chi connectivity index (χ0) is 13.7. The highest BCUT2D eigenvalue weighted by atomic mass is 15.1. The number of hydrogen-bond acceptors (Lipinski definition) is 2. The zero-order valence-electron chi connectivity index (χ0n) is 12.3. The molecular formula is C17H26N2. The van der Waals surface area contributed by atoms with Crippen molar-refractivity contribution in [3.05, 3.63) is 42.0 Å². The van der Waals surface area contributed by atoms with E-state index >= 15 is 0 Å². The molecule has 1 aliphatic heterocycles. The van der Waals surface area contributed by atoms with E-state index in [1.807, 2.05) is 6.08 Å². The Kier molecular flexibility index (Phi) is 5.03. The average Bonchev–Trinajstić information content (AvgIpc) is 2.45. The van der Waals surface area contributed by atoms with Crippen LogP contribution in [0.2, 0.25) is 0 Å². The molecule has 2 heteroatoms. The van der Waals surface area contributed by atoms with E-state index in [9.17, 15) is 0 Å². The Morgan fingerprint density at radius 3 is 3.05 bits per heavy atom. The van der Waals surface area contributed by atoms with Gasteiger partial charge in [-0.1, -0.05) is 25.1 Å². The first-order valence-electron chi connectivity index (χ1n) is 7.48. The molecule has 19 heavy (non-hydrogen) atoms. The minimum atomic E-state index is 0.444. The summed E-state index contributed by atoms with van der Waals surface area (Å²) >= 11 is 0. The van der Waals surface area contributed by atoms with Gasteiger partial charge >= 0.3 is 0 Å². The second-order valence-corrected chi connectivity index (χ2v) is 5.40. The van der Waals surface area contributed by atoms with Crippen LogP contribution < -0.4 is 10.2 Å². The van der Waals surface area contributed by atoms with E-state index in [2.05, 4.69) is 48.8 Å². The van der Waals surface area contributed by atoms with E-state index in [0.717, 1.165) is 19.6 Å². The third-order valence-electron chi connectivity index (χ3n) is 3.87. The fourth-order valence-electron chi connectivity index (χ4n) is 2.79. The maximum Gasteiger partial charge on any atom is 0.0401 e. The molecule has 1 heterocycles. The zero-order valence-corrected chi connectivity index (χ0v) is 12.3. The number of benzene rings is 1. The van der Waals surface area contributed by atoms with Crippen molar-refractivity contribution in [1.29, 1.82) is 0 Å². The smallest absolute Gasteiger partial charge is 0.0401 e. The van der Waals surface area contributed by atoms with Gasteiger partial charge < -0.3 is 10.2 Å². The monoisotopic (exact) mass is 258 g/mol. The lowest BCUT2D eigenvalue weighted by Gasteiger charge is -2.31. The van der Waals surface area contributed by atoms with Crippen LogP contribution in [0.3, 0.4) is 0 Å². The average molecular weight is 258 g/mol. The number of hydrogen-bond donors (Lipinski definition) is 1. The minimum Gasteiger partial charge on any atom is -0.368 e. The van der Waals surface area contributed by atoms with Crippen molar-refractivity contribution in [2.45, 2.75) is 39.2 Å². The van der Waals surface area contributed by atoms with Gasteiger partial charge in [-0.2, -0.15) is 0 Å². The fourth-order valence-corrected chi connectivity index (χ4v) is 2.79. The fraction of sp³-hybridized carbons (Fsp3) is 0.529. The second-order valence-electron chi connectivity index (χ2n) is 5.40. The highest BCUT2D eigenvalue weighted by molar-refractivity contribution is 5.57. The van der Waals surface area contributed by atoms with Gasteiger partial charge in [-0.25, -0.2) is 0 Å². The van der Waals surface area contributed by atoms with Crippen LogP contribution in [0, 0.1) is 0 Å². The standard InChI is InChI=1S/C17H26N2/c1-4-10-18-14(3)15-8-9-17-16(13-15)7-6-12-19(17)11-5-2/h5,8-9,13-14,18H,2,4,6-7,10-12H2,1,3H3. The van der Waals surface area contributed by atoms with Gasteiger partial charge in [0.05, 0.1) is 0 Å². The summed E-state index contributed by atoms with van der Waals surface area (Å²) in [6, 6.07) is 7.39. The highest BCUT2D eigenvalue weighted by Gasteiger charge is 2.17. The van der Waals surface area contributed by atoms with Gasteiger partial charge in [0.25, 0.3) is 0 Å². The molecule has 0 aromatic heterocycles. The van der Waals surface area contributed by atoms with Gasteiger partial charge in [-0.05, 0) is 49.9 Å². The topological polar surface area (TPSA) is 15.3 Å². The Labute approximate surface area is 117 Å².